The van der Waals surface area contributed by atoms with Crippen molar-refractivity contribution in [3.05, 3.63) is 107 Å². The summed E-state index contributed by atoms with van der Waals surface area (Å²) in [6.45, 7) is 0. The zero-order valence-corrected chi connectivity index (χ0v) is 24.1. The number of benzene rings is 4. The minimum atomic E-state index is 0.597. The van der Waals surface area contributed by atoms with Gasteiger partial charge in [0.25, 0.3) is 0 Å². The third kappa shape index (κ3) is 7.54. The molecule has 0 amide bonds. The first-order chi connectivity index (χ1) is 20.0. The molecule has 0 spiro atoms. The van der Waals surface area contributed by atoms with Crippen LogP contribution in [0, 0.1) is 0 Å². The van der Waals surface area contributed by atoms with E-state index in [2.05, 4.69) is 0 Å². The van der Waals surface area contributed by atoms with Gasteiger partial charge in [0, 0.05) is 23.3 Å². The van der Waals surface area contributed by atoms with Gasteiger partial charge in [0.2, 0.25) is 0 Å². The van der Waals surface area contributed by atoms with Crippen LogP contribution in [0.1, 0.15) is 22.3 Å². The van der Waals surface area contributed by atoms with Crippen molar-refractivity contribution in [2.24, 2.45) is 0 Å². The monoisotopic (exact) mass is 554 g/mol. The molecule has 4 aromatic rings. The van der Waals surface area contributed by atoms with E-state index in [1.807, 2.05) is 97.1 Å². The Kier molecular flexibility index (Phi) is 9.78. The summed E-state index contributed by atoms with van der Waals surface area (Å²) in [5.74, 6) is 5.34. The standard InChI is InChI=1S/C34H34O7/c1-35-27-11-7-25(8-12-27)33(19-23-15-29(37-3)21-30(16-23)38-4)41-34(26-9-13-28(36-2)14-10-26)20-24-17-31(39-5)22-32(18-24)40-6/h7-22H,1-6H3/b33-19+,34-20+. The van der Waals surface area contributed by atoms with Crippen molar-refractivity contribution in [3.8, 4) is 34.5 Å². The molecule has 0 fully saturated rings. The highest BCUT2D eigenvalue weighted by atomic mass is 16.5. The zero-order chi connectivity index (χ0) is 29.2. The number of methoxy groups -OCH3 is 6. The van der Waals surface area contributed by atoms with Crippen LogP contribution in [0.5, 0.6) is 34.5 Å². The second-order valence-corrected chi connectivity index (χ2v) is 8.87. The summed E-state index contributed by atoms with van der Waals surface area (Å²) in [5, 5.41) is 0. The lowest BCUT2D eigenvalue weighted by atomic mass is 10.1. The molecular weight excluding hydrogens is 520 g/mol. The molecule has 0 N–H and O–H groups in total. The van der Waals surface area contributed by atoms with E-state index >= 15 is 0 Å². The van der Waals surface area contributed by atoms with Crippen molar-refractivity contribution >= 4 is 23.7 Å². The number of hydrogen-bond acceptors (Lipinski definition) is 7. The Balaban J connectivity index is 1.88. The maximum Gasteiger partial charge on any atom is 0.135 e. The maximum absolute atomic E-state index is 6.75. The van der Waals surface area contributed by atoms with Crippen LogP contribution < -0.4 is 28.4 Å². The van der Waals surface area contributed by atoms with E-state index in [9.17, 15) is 0 Å². The molecule has 0 aromatic heterocycles. The van der Waals surface area contributed by atoms with Crippen LogP contribution in [-0.2, 0) is 4.74 Å². The molecule has 212 valence electrons. The second-order valence-electron chi connectivity index (χ2n) is 8.87. The van der Waals surface area contributed by atoms with Crippen molar-refractivity contribution in [1.29, 1.82) is 0 Å². The number of ether oxygens (including phenoxy) is 7. The van der Waals surface area contributed by atoms with E-state index in [4.69, 9.17) is 33.2 Å². The van der Waals surface area contributed by atoms with Crippen molar-refractivity contribution < 1.29 is 33.2 Å². The Morgan fingerprint density at radius 3 is 0.951 bits per heavy atom. The molecule has 7 heteroatoms. The Labute approximate surface area is 241 Å². The highest BCUT2D eigenvalue weighted by molar-refractivity contribution is 5.86. The van der Waals surface area contributed by atoms with Crippen molar-refractivity contribution in [3.63, 3.8) is 0 Å². The lowest BCUT2D eigenvalue weighted by Gasteiger charge is -2.16. The first-order valence-electron chi connectivity index (χ1n) is 12.8. The first-order valence-corrected chi connectivity index (χ1v) is 12.8. The van der Waals surface area contributed by atoms with Crippen LogP contribution in [0.15, 0.2) is 84.9 Å². The molecule has 0 saturated carbocycles. The molecule has 0 heterocycles. The van der Waals surface area contributed by atoms with Gasteiger partial charge in [0.15, 0.2) is 0 Å². The van der Waals surface area contributed by atoms with Crippen LogP contribution in [0.3, 0.4) is 0 Å². The van der Waals surface area contributed by atoms with Gasteiger partial charge in [-0.1, -0.05) is 0 Å². The molecule has 0 radical (unpaired) electrons. The molecule has 0 unspecified atom stereocenters. The quantitative estimate of drug-likeness (QED) is 0.133. The molecule has 0 bridgehead atoms. The van der Waals surface area contributed by atoms with Crippen molar-refractivity contribution in [2.75, 3.05) is 42.7 Å². The summed E-state index contributed by atoms with van der Waals surface area (Å²) in [6, 6.07) is 26.7. The minimum Gasteiger partial charge on any atom is -0.497 e. The minimum absolute atomic E-state index is 0.597. The summed E-state index contributed by atoms with van der Waals surface area (Å²) >= 11 is 0. The summed E-state index contributed by atoms with van der Waals surface area (Å²) in [5.41, 5.74) is 3.36. The predicted molar refractivity (Wildman–Crippen MR) is 162 cm³/mol. The fraction of sp³-hybridized carbons (Fsp3) is 0.176. The largest absolute Gasteiger partial charge is 0.497 e. The smallest absolute Gasteiger partial charge is 0.135 e. The molecule has 41 heavy (non-hydrogen) atoms. The molecule has 0 aliphatic heterocycles. The van der Waals surface area contributed by atoms with Gasteiger partial charge in [-0.05, 0) is 96.1 Å². The molecule has 0 saturated heterocycles. The van der Waals surface area contributed by atoms with Crippen LogP contribution in [0.2, 0.25) is 0 Å². The Morgan fingerprint density at radius 1 is 0.390 bits per heavy atom. The maximum atomic E-state index is 6.75. The van der Waals surface area contributed by atoms with Crippen LogP contribution in [0.25, 0.3) is 23.7 Å². The normalized spacial score (nSPS) is 11.5. The molecule has 7 nitrogen and oxygen atoms in total. The van der Waals surface area contributed by atoms with Gasteiger partial charge >= 0.3 is 0 Å². The third-order valence-corrected chi connectivity index (χ3v) is 6.31. The fourth-order valence-electron chi connectivity index (χ4n) is 4.10. The average molecular weight is 555 g/mol. The van der Waals surface area contributed by atoms with Gasteiger partial charge in [-0.2, -0.15) is 0 Å². The molecular formula is C34H34O7. The van der Waals surface area contributed by atoms with Gasteiger partial charge in [0.05, 0.1) is 42.7 Å². The Bertz CT molecular complexity index is 1340. The summed E-state index contributed by atoms with van der Waals surface area (Å²) < 4.78 is 39.5. The zero-order valence-electron chi connectivity index (χ0n) is 24.1. The van der Waals surface area contributed by atoms with Crippen LogP contribution in [-0.4, -0.2) is 42.7 Å². The van der Waals surface area contributed by atoms with E-state index < -0.39 is 0 Å². The molecule has 0 atom stereocenters. The van der Waals surface area contributed by atoms with E-state index in [-0.39, 0.29) is 0 Å². The summed E-state index contributed by atoms with van der Waals surface area (Å²) in [7, 11) is 9.76. The lowest BCUT2D eigenvalue weighted by molar-refractivity contribution is 0.394. The predicted octanol–water partition coefficient (Wildman–Crippen LogP) is 7.45. The van der Waals surface area contributed by atoms with Gasteiger partial charge in [-0.25, -0.2) is 0 Å². The lowest BCUT2D eigenvalue weighted by Crippen LogP contribution is -1.96. The van der Waals surface area contributed by atoms with Gasteiger partial charge in [-0.3, -0.25) is 0 Å². The highest BCUT2D eigenvalue weighted by Gasteiger charge is 2.13. The van der Waals surface area contributed by atoms with E-state index in [0.717, 1.165) is 33.8 Å². The third-order valence-electron chi connectivity index (χ3n) is 6.31. The van der Waals surface area contributed by atoms with Gasteiger partial charge in [0.1, 0.15) is 46.0 Å². The topological polar surface area (TPSA) is 64.6 Å². The second kappa shape index (κ2) is 13.8. The number of hydrogen-bond donors (Lipinski definition) is 0. The van der Waals surface area contributed by atoms with Crippen molar-refractivity contribution in [2.45, 2.75) is 0 Å². The average Bonchev–Trinajstić information content (AvgIpc) is 3.03. The van der Waals surface area contributed by atoms with Crippen LogP contribution in [0.4, 0.5) is 0 Å². The molecule has 0 aliphatic rings. The van der Waals surface area contributed by atoms with E-state index in [1.54, 1.807) is 42.7 Å². The summed E-state index contributed by atoms with van der Waals surface area (Å²) in [4.78, 5) is 0. The number of rotatable bonds is 12. The van der Waals surface area contributed by atoms with Gasteiger partial charge in [-0.15, -0.1) is 0 Å². The van der Waals surface area contributed by atoms with Crippen LogP contribution >= 0.6 is 0 Å². The van der Waals surface area contributed by atoms with E-state index in [1.165, 1.54) is 0 Å². The van der Waals surface area contributed by atoms with Gasteiger partial charge < -0.3 is 33.2 Å². The fourth-order valence-corrected chi connectivity index (χ4v) is 4.10. The molecule has 0 aliphatic carbocycles. The summed E-state index contributed by atoms with van der Waals surface area (Å²) in [6.07, 6.45) is 3.88. The molecule has 4 rings (SSSR count). The first kappa shape index (κ1) is 29.0. The Hall–Kier alpha value is -5.04. The molecule has 4 aromatic carbocycles. The Morgan fingerprint density at radius 2 is 0.683 bits per heavy atom. The highest BCUT2D eigenvalue weighted by Crippen LogP contribution is 2.34. The SMILES string of the molecule is COc1ccc(/C(=C\c2cc(OC)cc(OC)c2)O/C(=C/c2cc(OC)cc(OC)c2)c2ccc(OC)cc2)cc1. The van der Waals surface area contributed by atoms with Crippen molar-refractivity contribution in [1.82, 2.24) is 0 Å². The van der Waals surface area contributed by atoms with E-state index in [0.29, 0.717) is 34.5 Å².